The predicted molar refractivity (Wildman–Crippen MR) is 59.8 cm³/mol. The quantitative estimate of drug-likeness (QED) is 0.773. The van der Waals surface area contributed by atoms with E-state index in [1.54, 1.807) is 17.7 Å². The van der Waals surface area contributed by atoms with Crippen LogP contribution < -0.4 is 0 Å². The Kier molecular flexibility index (Phi) is 2.83. The van der Waals surface area contributed by atoms with Gasteiger partial charge in [0, 0.05) is 6.54 Å². The van der Waals surface area contributed by atoms with Crippen LogP contribution in [0, 0.1) is 6.92 Å². The summed E-state index contributed by atoms with van der Waals surface area (Å²) >= 11 is 5.95. The van der Waals surface area contributed by atoms with Crippen LogP contribution in [0.25, 0.3) is 0 Å². The predicted octanol–water partition coefficient (Wildman–Crippen LogP) is 2.69. The smallest absolute Gasteiger partial charge is 0.216 e. The van der Waals surface area contributed by atoms with E-state index in [9.17, 15) is 4.79 Å². The zero-order valence-electron chi connectivity index (χ0n) is 9.03. The van der Waals surface area contributed by atoms with Crippen molar-refractivity contribution in [3.8, 4) is 0 Å². The molecule has 0 N–H and O–H groups in total. The molecule has 2 rings (SSSR count). The lowest BCUT2D eigenvalue weighted by Crippen LogP contribution is -2.11. The van der Waals surface area contributed by atoms with Crippen LogP contribution in [-0.2, 0) is 6.54 Å². The average molecular weight is 239 g/mol. The van der Waals surface area contributed by atoms with E-state index in [-0.39, 0.29) is 5.78 Å². The Morgan fingerprint density at radius 1 is 1.62 bits per heavy atom. The number of halogens is 1. The first-order chi connectivity index (χ1) is 7.65. The molecule has 0 aliphatic heterocycles. The fourth-order valence-corrected chi connectivity index (χ4v) is 1.80. The number of hydrogen-bond acceptors (Lipinski definition) is 3. The molecular weight excluding hydrogens is 228 g/mol. The van der Waals surface area contributed by atoms with E-state index in [2.05, 4.69) is 5.10 Å². The summed E-state index contributed by atoms with van der Waals surface area (Å²) in [5, 5.41) is 4.40. The van der Waals surface area contributed by atoms with Crippen molar-refractivity contribution < 1.29 is 9.21 Å². The van der Waals surface area contributed by atoms with Gasteiger partial charge in [0.1, 0.15) is 11.5 Å². The molecule has 0 aliphatic rings. The van der Waals surface area contributed by atoms with Gasteiger partial charge in [-0.25, -0.2) is 0 Å². The monoisotopic (exact) mass is 238 g/mol. The van der Waals surface area contributed by atoms with Crippen molar-refractivity contribution >= 4 is 17.4 Å². The standard InChI is InChI=1S/C11H11ClN2O2/c1-3-14-10(9(12)6-13-14)11(15)8-4-5-16-7(8)2/h4-6H,3H2,1-2H3. The molecule has 2 heterocycles. The van der Waals surface area contributed by atoms with Crippen molar-refractivity contribution in [3.05, 3.63) is 40.6 Å². The first-order valence-electron chi connectivity index (χ1n) is 4.95. The maximum atomic E-state index is 12.2. The topological polar surface area (TPSA) is 48.0 Å². The van der Waals surface area contributed by atoms with Gasteiger partial charge < -0.3 is 4.42 Å². The second kappa shape index (κ2) is 4.14. The summed E-state index contributed by atoms with van der Waals surface area (Å²) in [4.78, 5) is 12.2. The van der Waals surface area contributed by atoms with Crippen LogP contribution in [0.4, 0.5) is 0 Å². The Hall–Kier alpha value is -1.55. The van der Waals surface area contributed by atoms with Crippen molar-refractivity contribution in [1.29, 1.82) is 0 Å². The Morgan fingerprint density at radius 3 is 2.94 bits per heavy atom. The highest BCUT2D eigenvalue weighted by Gasteiger charge is 2.21. The van der Waals surface area contributed by atoms with E-state index < -0.39 is 0 Å². The lowest BCUT2D eigenvalue weighted by atomic mass is 10.1. The molecule has 4 nitrogen and oxygen atoms in total. The molecule has 84 valence electrons. The van der Waals surface area contributed by atoms with Crippen molar-refractivity contribution in [1.82, 2.24) is 9.78 Å². The van der Waals surface area contributed by atoms with Gasteiger partial charge in [0.05, 0.1) is 23.0 Å². The molecule has 0 saturated carbocycles. The number of aromatic nitrogens is 2. The van der Waals surface area contributed by atoms with Crippen LogP contribution in [0.2, 0.25) is 5.02 Å². The number of nitrogens with zero attached hydrogens (tertiary/aromatic N) is 2. The average Bonchev–Trinajstić information content (AvgIpc) is 2.83. The van der Waals surface area contributed by atoms with Crippen LogP contribution in [0.3, 0.4) is 0 Å². The third kappa shape index (κ3) is 1.65. The fourth-order valence-electron chi connectivity index (χ4n) is 1.58. The zero-order valence-corrected chi connectivity index (χ0v) is 9.78. The summed E-state index contributed by atoms with van der Waals surface area (Å²) in [7, 11) is 0. The number of carbonyl (C=O) groups is 1. The molecule has 0 aromatic carbocycles. The first-order valence-corrected chi connectivity index (χ1v) is 5.33. The Bertz CT molecular complexity index is 528. The van der Waals surface area contributed by atoms with Gasteiger partial charge in [0.15, 0.2) is 0 Å². The summed E-state index contributed by atoms with van der Waals surface area (Å²) < 4.78 is 6.68. The molecule has 2 aromatic heterocycles. The molecule has 0 saturated heterocycles. The van der Waals surface area contributed by atoms with Gasteiger partial charge in [-0.15, -0.1) is 0 Å². The van der Waals surface area contributed by atoms with E-state index >= 15 is 0 Å². The third-order valence-corrected chi connectivity index (χ3v) is 2.69. The van der Waals surface area contributed by atoms with E-state index in [0.717, 1.165) is 0 Å². The Morgan fingerprint density at radius 2 is 2.38 bits per heavy atom. The summed E-state index contributed by atoms with van der Waals surface area (Å²) in [5.41, 5.74) is 0.936. The molecule has 0 unspecified atom stereocenters. The minimum Gasteiger partial charge on any atom is -0.469 e. The third-order valence-electron chi connectivity index (χ3n) is 2.41. The maximum absolute atomic E-state index is 12.2. The molecule has 5 heteroatoms. The van der Waals surface area contributed by atoms with Crippen LogP contribution >= 0.6 is 11.6 Å². The number of furan rings is 1. The van der Waals surface area contributed by atoms with Gasteiger partial charge in [0.2, 0.25) is 5.78 Å². The molecule has 0 atom stereocenters. The highest BCUT2D eigenvalue weighted by Crippen LogP contribution is 2.21. The molecule has 0 aliphatic carbocycles. The molecule has 0 bridgehead atoms. The van der Waals surface area contributed by atoms with Gasteiger partial charge in [0.25, 0.3) is 0 Å². The fraction of sp³-hybridized carbons (Fsp3) is 0.273. The highest BCUT2D eigenvalue weighted by molar-refractivity contribution is 6.34. The highest BCUT2D eigenvalue weighted by atomic mass is 35.5. The Labute approximate surface area is 97.8 Å². The van der Waals surface area contributed by atoms with E-state index in [0.29, 0.717) is 28.6 Å². The van der Waals surface area contributed by atoms with Crippen LogP contribution in [0.1, 0.15) is 28.7 Å². The maximum Gasteiger partial charge on any atom is 0.216 e. The van der Waals surface area contributed by atoms with E-state index in [1.165, 1.54) is 12.5 Å². The summed E-state index contributed by atoms with van der Waals surface area (Å²) in [6, 6.07) is 1.64. The molecule has 0 radical (unpaired) electrons. The minimum absolute atomic E-state index is 0.157. The lowest BCUT2D eigenvalue weighted by molar-refractivity contribution is 0.102. The van der Waals surface area contributed by atoms with Crippen LogP contribution in [0.5, 0.6) is 0 Å². The van der Waals surface area contributed by atoms with Crippen LogP contribution in [-0.4, -0.2) is 15.6 Å². The van der Waals surface area contributed by atoms with Crippen molar-refractivity contribution in [2.75, 3.05) is 0 Å². The summed E-state index contributed by atoms with van der Waals surface area (Å²) in [6.45, 7) is 4.25. The second-order valence-electron chi connectivity index (χ2n) is 3.38. The number of carbonyl (C=O) groups excluding carboxylic acids is 1. The number of ketones is 1. The molecule has 16 heavy (non-hydrogen) atoms. The summed E-state index contributed by atoms with van der Waals surface area (Å²) in [5.74, 6) is 0.431. The SMILES string of the molecule is CCn1ncc(Cl)c1C(=O)c1ccoc1C. The van der Waals surface area contributed by atoms with Crippen molar-refractivity contribution in [2.45, 2.75) is 20.4 Å². The first kappa shape index (κ1) is 11.0. The molecular formula is C11H11ClN2O2. The van der Waals surface area contributed by atoms with Crippen LogP contribution in [0.15, 0.2) is 22.9 Å². The van der Waals surface area contributed by atoms with Gasteiger partial charge in [-0.1, -0.05) is 11.6 Å². The summed E-state index contributed by atoms with van der Waals surface area (Å²) in [6.07, 6.45) is 2.97. The van der Waals surface area contributed by atoms with Gasteiger partial charge >= 0.3 is 0 Å². The van der Waals surface area contributed by atoms with E-state index in [1.807, 2.05) is 6.92 Å². The molecule has 0 fully saturated rings. The molecule has 0 spiro atoms. The molecule has 0 amide bonds. The zero-order chi connectivity index (χ0) is 11.7. The Balaban J connectivity index is 2.49. The molecule has 2 aromatic rings. The number of hydrogen-bond donors (Lipinski definition) is 0. The van der Waals surface area contributed by atoms with Gasteiger partial charge in [-0.3, -0.25) is 9.48 Å². The minimum atomic E-state index is -0.157. The largest absolute Gasteiger partial charge is 0.469 e. The van der Waals surface area contributed by atoms with E-state index in [4.69, 9.17) is 16.0 Å². The van der Waals surface area contributed by atoms with Gasteiger partial charge in [-0.05, 0) is 19.9 Å². The van der Waals surface area contributed by atoms with Crippen molar-refractivity contribution in [2.24, 2.45) is 0 Å². The number of rotatable bonds is 3. The van der Waals surface area contributed by atoms with Gasteiger partial charge in [-0.2, -0.15) is 5.10 Å². The number of aryl methyl sites for hydroxylation is 2. The second-order valence-corrected chi connectivity index (χ2v) is 3.78. The normalized spacial score (nSPS) is 10.7. The lowest BCUT2D eigenvalue weighted by Gasteiger charge is -2.03. The van der Waals surface area contributed by atoms with Crippen molar-refractivity contribution in [3.63, 3.8) is 0 Å².